The van der Waals surface area contributed by atoms with E-state index in [-0.39, 0.29) is 24.6 Å². The van der Waals surface area contributed by atoms with Crippen LogP contribution in [0.1, 0.15) is 12.8 Å². The van der Waals surface area contributed by atoms with Gasteiger partial charge in [-0.2, -0.15) is 0 Å². The number of rotatable bonds is 2. The molecule has 0 aromatic rings. The summed E-state index contributed by atoms with van der Waals surface area (Å²) in [5.41, 5.74) is 0. The van der Waals surface area contributed by atoms with Crippen LogP contribution in [0.2, 0.25) is 0 Å². The van der Waals surface area contributed by atoms with Crippen LogP contribution in [-0.4, -0.2) is 88.8 Å². The molecule has 0 aromatic heterocycles. The summed E-state index contributed by atoms with van der Waals surface area (Å²) in [6, 6.07) is 0.0478. The number of likely N-dealkylation sites (tertiary alicyclic amines) is 1. The molecule has 3 rings (SSSR count). The highest BCUT2D eigenvalue weighted by molar-refractivity contribution is 5.75. The number of aliphatic hydroxyl groups excluding tert-OH is 1. The van der Waals surface area contributed by atoms with E-state index < -0.39 is 5.97 Å². The number of urea groups is 1. The Labute approximate surface area is 124 Å². The Kier molecular flexibility index (Phi) is 4.03. The largest absolute Gasteiger partial charge is 0.480 e. The Bertz CT molecular complexity index is 422. The second kappa shape index (κ2) is 5.81. The van der Waals surface area contributed by atoms with Gasteiger partial charge in [0.25, 0.3) is 0 Å². The average molecular weight is 297 g/mol. The maximum atomic E-state index is 12.5. The maximum absolute atomic E-state index is 12.5. The van der Waals surface area contributed by atoms with Crippen LogP contribution in [0.3, 0.4) is 0 Å². The van der Waals surface area contributed by atoms with E-state index in [2.05, 4.69) is 0 Å². The third-order valence-corrected chi connectivity index (χ3v) is 5.09. The lowest BCUT2D eigenvalue weighted by molar-refractivity contribution is -0.138. The molecule has 21 heavy (non-hydrogen) atoms. The van der Waals surface area contributed by atoms with Crippen LogP contribution in [0.25, 0.3) is 0 Å². The van der Waals surface area contributed by atoms with Gasteiger partial charge in [-0.25, -0.2) is 4.79 Å². The number of piperazine rings is 1. The van der Waals surface area contributed by atoms with E-state index in [0.29, 0.717) is 38.6 Å². The normalized spacial score (nSPS) is 33.3. The quantitative estimate of drug-likeness (QED) is 0.718. The van der Waals surface area contributed by atoms with Gasteiger partial charge in [0.05, 0.1) is 12.6 Å². The molecule has 2 saturated heterocycles. The first-order valence-electron chi connectivity index (χ1n) is 7.70. The number of carboxylic acids is 1. The summed E-state index contributed by atoms with van der Waals surface area (Å²) in [4.78, 5) is 28.7. The number of hydrogen-bond donors (Lipinski definition) is 2. The Balaban J connectivity index is 1.50. The van der Waals surface area contributed by atoms with Gasteiger partial charge >= 0.3 is 12.0 Å². The fourth-order valence-electron chi connectivity index (χ4n) is 3.88. The second-order valence-electron chi connectivity index (χ2n) is 6.41. The zero-order valence-corrected chi connectivity index (χ0v) is 12.1. The Morgan fingerprint density at radius 1 is 1.00 bits per heavy atom. The van der Waals surface area contributed by atoms with Gasteiger partial charge in [0.15, 0.2) is 0 Å². The van der Waals surface area contributed by atoms with Crippen LogP contribution < -0.4 is 0 Å². The summed E-state index contributed by atoms with van der Waals surface area (Å²) in [7, 11) is 0. The standard InChI is InChI=1S/C14H23N3O4/c18-12-2-1-10-7-17(8-11(10)12)14(21)16-5-3-15(4-6-16)9-13(19)20/h10-12,18H,1-9H2,(H,19,20). The third-order valence-electron chi connectivity index (χ3n) is 5.09. The maximum Gasteiger partial charge on any atom is 0.320 e. The van der Waals surface area contributed by atoms with Crippen molar-refractivity contribution in [2.75, 3.05) is 45.8 Å². The summed E-state index contributed by atoms with van der Waals surface area (Å²) in [5.74, 6) is -0.115. The van der Waals surface area contributed by atoms with Gasteiger partial charge in [-0.3, -0.25) is 9.69 Å². The minimum absolute atomic E-state index is 0.0437. The molecular weight excluding hydrogens is 274 g/mol. The van der Waals surface area contributed by atoms with Crippen molar-refractivity contribution in [2.24, 2.45) is 11.8 Å². The molecule has 0 spiro atoms. The van der Waals surface area contributed by atoms with Crippen molar-refractivity contribution >= 4 is 12.0 Å². The molecule has 2 heterocycles. The molecule has 2 aliphatic heterocycles. The van der Waals surface area contributed by atoms with Gasteiger partial charge in [0.1, 0.15) is 0 Å². The molecule has 3 aliphatic rings. The topological polar surface area (TPSA) is 84.3 Å². The number of nitrogens with zero attached hydrogens (tertiary/aromatic N) is 3. The first kappa shape index (κ1) is 14.6. The summed E-state index contributed by atoms with van der Waals surface area (Å²) >= 11 is 0. The van der Waals surface area contributed by atoms with Crippen molar-refractivity contribution < 1.29 is 19.8 Å². The van der Waals surface area contributed by atoms with Crippen molar-refractivity contribution in [3.05, 3.63) is 0 Å². The predicted molar refractivity (Wildman–Crippen MR) is 74.8 cm³/mol. The monoisotopic (exact) mass is 297 g/mol. The number of aliphatic carboxylic acids is 1. The minimum Gasteiger partial charge on any atom is -0.480 e. The molecule has 3 atom stereocenters. The smallest absolute Gasteiger partial charge is 0.320 e. The first-order chi connectivity index (χ1) is 10.0. The van der Waals surface area contributed by atoms with Crippen molar-refractivity contribution in [3.8, 4) is 0 Å². The number of carbonyl (C=O) groups excluding carboxylic acids is 1. The molecular formula is C14H23N3O4. The number of carbonyl (C=O) groups is 2. The van der Waals surface area contributed by atoms with E-state index in [0.717, 1.165) is 19.4 Å². The van der Waals surface area contributed by atoms with E-state index in [1.807, 2.05) is 14.7 Å². The van der Waals surface area contributed by atoms with Crippen molar-refractivity contribution in [1.82, 2.24) is 14.7 Å². The summed E-state index contributed by atoms with van der Waals surface area (Å²) in [6.07, 6.45) is 1.63. The molecule has 2 amide bonds. The van der Waals surface area contributed by atoms with Crippen LogP contribution >= 0.6 is 0 Å². The number of carboxylic acid groups (broad SMARTS) is 1. The second-order valence-corrected chi connectivity index (χ2v) is 6.41. The van der Waals surface area contributed by atoms with Gasteiger partial charge < -0.3 is 20.0 Å². The van der Waals surface area contributed by atoms with Crippen LogP contribution in [0.4, 0.5) is 4.79 Å². The van der Waals surface area contributed by atoms with Gasteiger partial charge in [-0.1, -0.05) is 0 Å². The fourth-order valence-corrected chi connectivity index (χ4v) is 3.88. The Morgan fingerprint density at radius 3 is 2.33 bits per heavy atom. The lowest BCUT2D eigenvalue weighted by Crippen LogP contribution is -2.53. The van der Waals surface area contributed by atoms with Crippen molar-refractivity contribution in [3.63, 3.8) is 0 Å². The molecule has 118 valence electrons. The first-order valence-corrected chi connectivity index (χ1v) is 7.70. The Morgan fingerprint density at radius 2 is 1.71 bits per heavy atom. The van der Waals surface area contributed by atoms with Crippen LogP contribution in [0.15, 0.2) is 0 Å². The summed E-state index contributed by atoms with van der Waals surface area (Å²) < 4.78 is 0. The zero-order chi connectivity index (χ0) is 15.0. The number of hydrogen-bond acceptors (Lipinski definition) is 4. The van der Waals surface area contributed by atoms with Crippen molar-refractivity contribution in [1.29, 1.82) is 0 Å². The lowest BCUT2D eigenvalue weighted by Gasteiger charge is -2.36. The van der Waals surface area contributed by atoms with E-state index in [1.54, 1.807) is 0 Å². The molecule has 0 bridgehead atoms. The highest BCUT2D eigenvalue weighted by Crippen LogP contribution is 2.38. The number of amides is 2. The fraction of sp³-hybridized carbons (Fsp3) is 0.857. The van der Waals surface area contributed by atoms with Crippen LogP contribution in [-0.2, 0) is 4.79 Å². The molecule has 1 aliphatic carbocycles. The predicted octanol–water partition coefficient (Wildman–Crippen LogP) is -0.489. The number of aliphatic hydroxyl groups is 1. The SMILES string of the molecule is O=C(O)CN1CCN(C(=O)N2CC3CCC(O)C3C2)CC1. The van der Waals surface area contributed by atoms with E-state index in [9.17, 15) is 14.7 Å². The molecule has 7 heteroatoms. The molecule has 7 nitrogen and oxygen atoms in total. The molecule has 0 aromatic carbocycles. The lowest BCUT2D eigenvalue weighted by atomic mass is 10.00. The van der Waals surface area contributed by atoms with E-state index >= 15 is 0 Å². The van der Waals surface area contributed by atoms with E-state index in [1.165, 1.54) is 0 Å². The molecule has 0 radical (unpaired) electrons. The summed E-state index contributed by atoms with van der Waals surface area (Å²) in [5, 5.41) is 18.7. The molecule has 1 saturated carbocycles. The van der Waals surface area contributed by atoms with Crippen molar-refractivity contribution in [2.45, 2.75) is 18.9 Å². The van der Waals surface area contributed by atoms with Gasteiger partial charge in [-0.15, -0.1) is 0 Å². The highest BCUT2D eigenvalue weighted by atomic mass is 16.4. The molecule has 3 fully saturated rings. The third kappa shape index (κ3) is 2.98. The molecule has 2 N–H and O–H groups in total. The summed E-state index contributed by atoms with van der Waals surface area (Å²) in [6.45, 7) is 3.86. The van der Waals surface area contributed by atoms with Gasteiger partial charge in [-0.05, 0) is 18.8 Å². The minimum atomic E-state index is -0.823. The van der Waals surface area contributed by atoms with E-state index in [4.69, 9.17) is 5.11 Å². The Hall–Kier alpha value is -1.34. The molecule has 3 unspecified atom stereocenters. The highest BCUT2D eigenvalue weighted by Gasteiger charge is 2.44. The van der Waals surface area contributed by atoms with Gasteiger partial charge in [0.2, 0.25) is 0 Å². The van der Waals surface area contributed by atoms with Gasteiger partial charge in [0, 0.05) is 45.2 Å². The zero-order valence-electron chi connectivity index (χ0n) is 12.1. The number of fused-ring (bicyclic) bond motifs is 1. The van der Waals surface area contributed by atoms with Crippen LogP contribution in [0.5, 0.6) is 0 Å². The average Bonchev–Trinajstić information content (AvgIpc) is 3.01. The van der Waals surface area contributed by atoms with Crippen LogP contribution in [0, 0.1) is 11.8 Å².